The molecule has 110 valence electrons. The van der Waals surface area contributed by atoms with Crippen LogP contribution in [0.25, 0.3) is 0 Å². The Bertz CT molecular complexity index is 414. The van der Waals surface area contributed by atoms with Crippen LogP contribution in [0.3, 0.4) is 0 Å². The van der Waals surface area contributed by atoms with Crippen molar-refractivity contribution in [1.29, 1.82) is 0 Å². The van der Waals surface area contributed by atoms with E-state index >= 15 is 0 Å². The number of hydrogen-bond donors (Lipinski definition) is 0. The third-order valence-electron chi connectivity index (χ3n) is 3.30. The maximum absolute atomic E-state index is 11.6. The van der Waals surface area contributed by atoms with Crippen LogP contribution in [0.15, 0.2) is 24.4 Å². The molecule has 0 aliphatic carbocycles. The van der Waals surface area contributed by atoms with Gasteiger partial charge in [0.15, 0.2) is 0 Å². The molecule has 0 spiro atoms. The van der Waals surface area contributed by atoms with E-state index in [0.29, 0.717) is 6.54 Å². The van der Waals surface area contributed by atoms with Crippen molar-refractivity contribution in [1.82, 2.24) is 14.8 Å². The van der Waals surface area contributed by atoms with Crippen molar-refractivity contribution in [3.63, 3.8) is 0 Å². The summed E-state index contributed by atoms with van der Waals surface area (Å²) in [6.07, 6.45) is 1.79. The molecule has 0 unspecified atom stereocenters. The number of pyridine rings is 1. The molecule has 2 heterocycles. The largest absolute Gasteiger partial charge is 0.462 e. The highest BCUT2D eigenvalue weighted by molar-refractivity contribution is 5.71. The molecule has 0 bridgehead atoms. The van der Waals surface area contributed by atoms with Gasteiger partial charge >= 0.3 is 5.97 Å². The zero-order chi connectivity index (χ0) is 14.4. The quantitative estimate of drug-likeness (QED) is 0.756. The number of esters is 1. The topological polar surface area (TPSA) is 45.7 Å². The lowest BCUT2D eigenvalue weighted by atomic mass is 10.2. The third kappa shape index (κ3) is 4.90. The third-order valence-corrected chi connectivity index (χ3v) is 3.30. The fourth-order valence-electron chi connectivity index (χ4n) is 2.31. The summed E-state index contributed by atoms with van der Waals surface area (Å²) >= 11 is 0. The number of hydrogen-bond acceptors (Lipinski definition) is 5. The molecule has 5 heteroatoms. The molecule has 1 aromatic heterocycles. The van der Waals surface area contributed by atoms with Crippen LogP contribution in [-0.2, 0) is 16.1 Å². The summed E-state index contributed by atoms with van der Waals surface area (Å²) in [6, 6.07) is 5.99. The lowest BCUT2D eigenvalue weighted by Gasteiger charge is -2.33. The molecule has 2 rings (SSSR count). The molecule has 0 radical (unpaired) electrons. The van der Waals surface area contributed by atoms with Crippen molar-refractivity contribution < 1.29 is 9.53 Å². The van der Waals surface area contributed by atoms with Gasteiger partial charge in [0.25, 0.3) is 0 Å². The summed E-state index contributed by atoms with van der Waals surface area (Å²) in [5.41, 5.74) is 1.10. The summed E-state index contributed by atoms with van der Waals surface area (Å²) in [7, 11) is 0. The number of carbonyl (C=O) groups excluding carboxylic acids is 1. The number of nitrogens with zero attached hydrogens (tertiary/aromatic N) is 3. The molecular formula is C15H23N3O2. The Morgan fingerprint density at radius 3 is 2.55 bits per heavy atom. The molecular weight excluding hydrogens is 254 g/mol. The smallest absolute Gasteiger partial charge is 0.320 e. The van der Waals surface area contributed by atoms with Crippen molar-refractivity contribution in [3.05, 3.63) is 30.1 Å². The van der Waals surface area contributed by atoms with E-state index in [2.05, 4.69) is 14.8 Å². The van der Waals surface area contributed by atoms with Crippen LogP contribution in [-0.4, -0.2) is 59.6 Å². The van der Waals surface area contributed by atoms with Crippen molar-refractivity contribution >= 4 is 5.97 Å². The van der Waals surface area contributed by atoms with Gasteiger partial charge in [0.05, 0.1) is 18.3 Å². The van der Waals surface area contributed by atoms with Gasteiger partial charge in [-0.05, 0) is 26.0 Å². The number of rotatable bonds is 5. The van der Waals surface area contributed by atoms with E-state index in [9.17, 15) is 4.79 Å². The lowest BCUT2D eigenvalue weighted by molar-refractivity contribution is -0.149. The Kier molecular flexibility index (Phi) is 5.49. The average Bonchev–Trinajstić information content (AvgIpc) is 2.41. The van der Waals surface area contributed by atoms with Crippen molar-refractivity contribution in [3.8, 4) is 0 Å². The maximum atomic E-state index is 11.6. The van der Waals surface area contributed by atoms with E-state index in [1.165, 1.54) is 0 Å². The molecule has 5 nitrogen and oxygen atoms in total. The van der Waals surface area contributed by atoms with E-state index in [4.69, 9.17) is 4.74 Å². The minimum absolute atomic E-state index is 0.0343. The molecule has 0 N–H and O–H groups in total. The van der Waals surface area contributed by atoms with Gasteiger partial charge in [0, 0.05) is 38.9 Å². The van der Waals surface area contributed by atoms with Crippen LogP contribution < -0.4 is 0 Å². The van der Waals surface area contributed by atoms with Crippen molar-refractivity contribution in [2.75, 3.05) is 32.7 Å². The highest BCUT2D eigenvalue weighted by Gasteiger charge is 2.20. The fraction of sp³-hybridized carbons (Fsp3) is 0.600. The SMILES string of the molecule is CC(C)OC(=O)CN1CCN(Cc2ccccn2)CC1. The zero-order valence-corrected chi connectivity index (χ0v) is 12.3. The normalized spacial score (nSPS) is 17.4. The van der Waals surface area contributed by atoms with Gasteiger partial charge in [-0.15, -0.1) is 0 Å². The van der Waals surface area contributed by atoms with Gasteiger partial charge in [-0.2, -0.15) is 0 Å². The summed E-state index contributed by atoms with van der Waals surface area (Å²) in [5, 5.41) is 0. The second-order valence-corrected chi connectivity index (χ2v) is 5.41. The molecule has 1 aromatic rings. The zero-order valence-electron chi connectivity index (χ0n) is 12.3. The average molecular weight is 277 g/mol. The Morgan fingerprint density at radius 2 is 1.95 bits per heavy atom. The number of aromatic nitrogens is 1. The molecule has 1 aliphatic heterocycles. The number of ether oxygens (including phenoxy) is 1. The van der Waals surface area contributed by atoms with Gasteiger partial charge in [-0.1, -0.05) is 6.07 Å². The first-order valence-electron chi connectivity index (χ1n) is 7.17. The first-order valence-corrected chi connectivity index (χ1v) is 7.17. The molecule has 1 fully saturated rings. The highest BCUT2D eigenvalue weighted by atomic mass is 16.5. The Morgan fingerprint density at radius 1 is 1.25 bits per heavy atom. The monoisotopic (exact) mass is 277 g/mol. The van der Waals surface area contributed by atoms with Gasteiger partial charge in [-0.3, -0.25) is 19.6 Å². The van der Waals surface area contributed by atoms with E-state index in [1.807, 2.05) is 38.2 Å². The van der Waals surface area contributed by atoms with Crippen LogP contribution in [0.1, 0.15) is 19.5 Å². The van der Waals surface area contributed by atoms with E-state index in [-0.39, 0.29) is 12.1 Å². The van der Waals surface area contributed by atoms with E-state index in [1.54, 1.807) is 0 Å². The highest BCUT2D eigenvalue weighted by Crippen LogP contribution is 2.06. The molecule has 0 atom stereocenters. The summed E-state index contributed by atoms with van der Waals surface area (Å²) < 4.78 is 5.17. The van der Waals surface area contributed by atoms with Gasteiger partial charge in [0.1, 0.15) is 0 Å². The second kappa shape index (κ2) is 7.36. The van der Waals surface area contributed by atoms with Gasteiger partial charge in [-0.25, -0.2) is 0 Å². The van der Waals surface area contributed by atoms with Crippen molar-refractivity contribution in [2.24, 2.45) is 0 Å². The molecule has 0 amide bonds. The molecule has 0 saturated carbocycles. The second-order valence-electron chi connectivity index (χ2n) is 5.41. The fourth-order valence-corrected chi connectivity index (χ4v) is 2.31. The molecule has 1 aliphatic rings. The minimum Gasteiger partial charge on any atom is -0.462 e. The Balaban J connectivity index is 1.71. The first-order chi connectivity index (χ1) is 9.63. The maximum Gasteiger partial charge on any atom is 0.320 e. The van der Waals surface area contributed by atoms with Crippen LogP contribution in [0.2, 0.25) is 0 Å². The van der Waals surface area contributed by atoms with Crippen LogP contribution in [0, 0.1) is 0 Å². The summed E-state index contributed by atoms with van der Waals surface area (Å²) in [4.78, 5) is 20.5. The van der Waals surface area contributed by atoms with E-state index < -0.39 is 0 Å². The summed E-state index contributed by atoms with van der Waals surface area (Å²) in [6.45, 7) is 8.77. The number of piperazine rings is 1. The molecule has 20 heavy (non-hydrogen) atoms. The standard InChI is InChI=1S/C15H23N3O2/c1-13(2)20-15(19)12-18-9-7-17(8-10-18)11-14-5-3-4-6-16-14/h3-6,13H,7-12H2,1-2H3. The molecule has 0 aromatic carbocycles. The molecule has 1 saturated heterocycles. The Hall–Kier alpha value is -1.46. The Labute approximate surface area is 120 Å². The summed E-state index contributed by atoms with van der Waals surface area (Å²) in [5.74, 6) is -0.127. The van der Waals surface area contributed by atoms with E-state index in [0.717, 1.165) is 38.4 Å². The predicted octanol–water partition coefficient (Wildman–Crippen LogP) is 1.15. The van der Waals surface area contributed by atoms with Crippen molar-refractivity contribution in [2.45, 2.75) is 26.5 Å². The predicted molar refractivity (Wildman–Crippen MR) is 77.2 cm³/mol. The minimum atomic E-state index is -0.127. The van der Waals surface area contributed by atoms with Gasteiger partial charge in [0.2, 0.25) is 0 Å². The van der Waals surface area contributed by atoms with Crippen LogP contribution in [0.4, 0.5) is 0 Å². The lowest BCUT2D eigenvalue weighted by Crippen LogP contribution is -2.47. The van der Waals surface area contributed by atoms with Crippen LogP contribution in [0.5, 0.6) is 0 Å². The number of carbonyl (C=O) groups is 1. The van der Waals surface area contributed by atoms with Gasteiger partial charge < -0.3 is 4.74 Å². The first kappa shape index (κ1) is 14.9. The van der Waals surface area contributed by atoms with Crippen LogP contribution >= 0.6 is 0 Å².